The summed E-state index contributed by atoms with van der Waals surface area (Å²) in [6.45, 7) is 1.16. The van der Waals surface area contributed by atoms with E-state index in [1.54, 1.807) is 18.5 Å². The summed E-state index contributed by atoms with van der Waals surface area (Å²) in [4.78, 5) is 15.4. The van der Waals surface area contributed by atoms with Crippen molar-refractivity contribution in [3.63, 3.8) is 0 Å². The van der Waals surface area contributed by atoms with E-state index in [1.165, 1.54) is 0 Å². The van der Waals surface area contributed by atoms with Gasteiger partial charge in [-0.1, -0.05) is 11.6 Å². The first-order valence-electron chi connectivity index (χ1n) is 5.14. The summed E-state index contributed by atoms with van der Waals surface area (Å²) in [5.41, 5.74) is 0.785. The van der Waals surface area contributed by atoms with Crippen LogP contribution in [0, 0.1) is 0 Å². The molecule has 2 aromatic heterocycles. The van der Waals surface area contributed by atoms with Crippen LogP contribution in [-0.4, -0.2) is 33.8 Å². The van der Waals surface area contributed by atoms with Gasteiger partial charge in [0.05, 0.1) is 35.2 Å². The molecular formula is C11H9ClN2O3. The van der Waals surface area contributed by atoms with Crippen molar-refractivity contribution in [2.24, 2.45) is 0 Å². The number of aromatic nitrogens is 2. The van der Waals surface area contributed by atoms with Gasteiger partial charge in [0, 0.05) is 12.4 Å². The molecule has 3 rings (SSSR count). The Hall–Kier alpha value is -1.59. The van der Waals surface area contributed by atoms with Crippen LogP contribution in [0.15, 0.2) is 18.5 Å². The zero-order chi connectivity index (χ0) is 12.0. The molecule has 1 N–H and O–H groups in total. The maximum absolute atomic E-state index is 11.2. The molecule has 1 aliphatic heterocycles. The van der Waals surface area contributed by atoms with Crippen LogP contribution in [0.3, 0.4) is 0 Å². The minimum Gasteiger partial charge on any atom is -0.478 e. The second-order valence-corrected chi connectivity index (χ2v) is 4.35. The van der Waals surface area contributed by atoms with E-state index in [4.69, 9.17) is 21.4 Å². The second kappa shape index (κ2) is 3.72. The Morgan fingerprint density at radius 2 is 2.35 bits per heavy atom. The molecule has 0 spiro atoms. The van der Waals surface area contributed by atoms with Gasteiger partial charge in [-0.3, -0.25) is 0 Å². The highest BCUT2D eigenvalue weighted by molar-refractivity contribution is 6.36. The van der Waals surface area contributed by atoms with E-state index < -0.39 is 5.97 Å². The number of carbonyl (C=O) groups is 1. The molecule has 2 aromatic rings. The van der Waals surface area contributed by atoms with E-state index >= 15 is 0 Å². The van der Waals surface area contributed by atoms with Crippen molar-refractivity contribution in [3.8, 4) is 0 Å². The number of carboxylic acids is 1. The number of carboxylic acid groups (broad SMARTS) is 1. The fraction of sp³-hybridized carbons (Fsp3) is 0.273. The molecule has 6 heteroatoms. The Balaban J connectivity index is 2.30. The largest absolute Gasteiger partial charge is 0.478 e. The third-order valence-electron chi connectivity index (χ3n) is 2.91. The van der Waals surface area contributed by atoms with Crippen LogP contribution in [0.25, 0.3) is 11.0 Å². The first-order valence-corrected chi connectivity index (χ1v) is 5.52. The summed E-state index contributed by atoms with van der Waals surface area (Å²) in [5, 5.41) is 10.1. The molecule has 3 heterocycles. The maximum atomic E-state index is 11.2. The van der Waals surface area contributed by atoms with Crippen molar-refractivity contribution in [3.05, 3.63) is 29.0 Å². The molecule has 0 atom stereocenters. The molecule has 0 amide bonds. The minimum atomic E-state index is -0.996. The fourth-order valence-electron chi connectivity index (χ4n) is 1.96. The number of halogens is 1. The summed E-state index contributed by atoms with van der Waals surface area (Å²) >= 11 is 6.04. The minimum absolute atomic E-state index is 0.150. The normalized spacial score (nSPS) is 16.1. The highest BCUT2D eigenvalue weighted by atomic mass is 35.5. The molecule has 1 aliphatic rings. The lowest BCUT2D eigenvalue weighted by Crippen LogP contribution is -2.30. The molecule has 0 aliphatic carbocycles. The van der Waals surface area contributed by atoms with E-state index in [0.717, 1.165) is 0 Å². The number of fused-ring (bicyclic) bond motifs is 1. The zero-order valence-electron chi connectivity index (χ0n) is 8.76. The van der Waals surface area contributed by atoms with Crippen LogP contribution in [0.2, 0.25) is 5.02 Å². The van der Waals surface area contributed by atoms with Gasteiger partial charge in [-0.05, 0) is 6.07 Å². The molecule has 1 fully saturated rings. The lowest BCUT2D eigenvalue weighted by molar-refractivity contribution is -0.0216. The zero-order valence-corrected chi connectivity index (χ0v) is 9.52. The Morgan fingerprint density at radius 3 is 2.94 bits per heavy atom. The summed E-state index contributed by atoms with van der Waals surface area (Å²) in [7, 11) is 0. The number of aromatic carboxylic acids is 1. The Kier molecular flexibility index (Phi) is 2.31. The van der Waals surface area contributed by atoms with Crippen LogP contribution in [-0.2, 0) is 4.74 Å². The van der Waals surface area contributed by atoms with Crippen LogP contribution in [0.1, 0.15) is 16.4 Å². The van der Waals surface area contributed by atoms with Crippen LogP contribution < -0.4 is 0 Å². The van der Waals surface area contributed by atoms with E-state index in [9.17, 15) is 4.79 Å². The third-order valence-corrected chi connectivity index (χ3v) is 3.22. The summed E-state index contributed by atoms with van der Waals surface area (Å²) in [6.07, 6.45) is 3.16. The van der Waals surface area contributed by atoms with Gasteiger partial charge in [-0.25, -0.2) is 9.78 Å². The molecule has 88 valence electrons. The predicted molar refractivity (Wildman–Crippen MR) is 61.6 cm³/mol. The quantitative estimate of drug-likeness (QED) is 0.887. The van der Waals surface area contributed by atoms with Gasteiger partial charge in [0.2, 0.25) is 0 Å². The van der Waals surface area contributed by atoms with Gasteiger partial charge in [0.25, 0.3) is 0 Å². The summed E-state index contributed by atoms with van der Waals surface area (Å²) in [6, 6.07) is 1.74. The van der Waals surface area contributed by atoms with Crippen molar-refractivity contribution in [2.75, 3.05) is 13.2 Å². The van der Waals surface area contributed by atoms with Gasteiger partial charge in [-0.2, -0.15) is 0 Å². The van der Waals surface area contributed by atoms with E-state index in [0.29, 0.717) is 29.3 Å². The molecule has 0 radical (unpaired) electrons. The number of hydrogen-bond acceptors (Lipinski definition) is 3. The molecule has 0 saturated carbocycles. The average molecular weight is 253 g/mol. The molecular weight excluding hydrogens is 244 g/mol. The van der Waals surface area contributed by atoms with Gasteiger partial charge in [0.15, 0.2) is 0 Å². The Bertz CT molecular complexity index is 604. The van der Waals surface area contributed by atoms with Crippen LogP contribution in [0.5, 0.6) is 0 Å². The number of rotatable bonds is 2. The lowest BCUT2D eigenvalue weighted by atomic mass is 10.2. The summed E-state index contributed by atoms with van der Waals surface area (Å²) < 4.78 is 6.94. The van der Waals surface area contributed by atoms with E-state index in [1.807, 2.05) is 4.57 Å². The fourth-order valence-corrected chi connectivity index (χ4v) is 2.20. The second-order valence-electron chi connectivity index (χ2n) is 3.94. The summed E-state index contributed by atoms with van der Waals surface area (Å²) in [5.74, 6) is -0.996. The van der Waals surface area contributed by atoms with Crippen molar-refractivity contribution in [1.82, 2.24) is 9.55 Å². The van der Waals surface area contributed by atoms with Gasteiger partial charge in [0.1, 0.15) is 5.65 Å². The average Bonchev–Trinajstić information content (AvgIpc) is 2.57. The number of nitrogens with zero attached hydrogens (tertiary/aromatic N) is 2. The van der Waals surface area contributed by atoms with Gasteiger partial charge < -0.3 is 14.4 Å². The van der Waals surface area contributed by atoms with Crippen molar-refractivity contribution in [2.45, 2.75) is 6.04 Å². The number of pyridine rings is 1. The smallest absolute Gasteiger partial charge is 0.337 e. The van der Waals surface area contributed by atoms with Crippen molar-refractivity contribution >= 4 is 28.6 Å². The Morgan fingerprint density at radius 1 is 1.59 bits per heavy atom. The molecule has 0 bridgehead atoms. The predicted octanol–water partition coefficient (Wildman–Crippen LogP) is 1.96. The molecule has 5 nitrogen and oxygen atoms in total. The first-order chi connectivity index (χ1) is 8.18. The SMILES string of the molecule is O=C(O)c1cn(C2COC2)c2nccc(Cl)c12. The number of ether oxygens (including phenoxy) is 1. The standard InChI is InChI=1S/C11H9ClN2O3/c12-8-1-2-13-10-9(8)7(11(15)16)3-14(10)6-4-17-5-6/h1-3,6H,4-5H2,(H,15,16). The van der Waals surface area contributed by atoms with Crippen molar-refractivity contribution in [1.29, 1.82) is 0 Å². The van der Waals surface area contributed by atoms with E-state index in [2.05, 4.69) is 4.98 Å². The maximum Gasteiger partial charge on any atom is 0.337 e. The van der Waals surface area contributed by atoms with Crippen molar-refractivity contribution < 1.29 is 14.6 Å². The Labute approximate surface area is 102 Å². The highest BCUT2D eigenvalue weighted by Gasteiger charge is 2.26. The topological polar surface area (TPSA) is 64.3 Å². The molecule has 17 heavy (non-hydrogen) atoms. The van der Waals surface area contributed by atoms with Gasteiger partial charge in [-0.15, -0.1) is 0 Å². The first kappa shape index (κ1) is 10.6. The highest BCUT2D eigenvalue weighted by Crippen LogP contribution is 2.31. The monoisotopic (exact) mass is 252 g/mol. The third kappa shape index (κ3) is 1.50. The molecule has 0 unspecified atom stereocenters. The lowest BCUT2D eigenvalue weighted by Gasteiger charge is -2.27. The van der Waals surface area contributed by atoms with Crippen LogP contribution >= 0.6 is 11.6 Å². The molecule has 1 saturated heterocycles. The van der Waals surface area contributed by atoms with Gasteiger partial charge >= 0.3 is 5.97 Å². The number of hydrogen-bond donors (Lipinski definition) is 1. The molecule has 0 aromatic carbocycles. The van der Waals surface area contributed by atoms with E-state index in [-0.39, 0.29) is 11.6 Å². The van der Waals surface area contributed by atoms with Crippen LogP contribution in [0.4, 0.5) is 0 Å².